The fourth-order valence-electron chi connectivity index (χ4n) is 2.51. The summed E-state index contributed by atoms with van der Waals surface area (Å²) in [6, 6.07) is 3.44. The van der Waals surface area contributed by atoms with Gasteiger partial charge in [-0.1, -0.05) is 11.6 Å². The van der Waals surface area contributed by atoms with Gasteiger partial charge >= 0.3 is 0 Å². The maximum absolute atomic E-state index is 12.6. The van der Waals surface area contributed by atoms with Crippen molar-refractivity contribution in [2.75, 3.05) is 40.3 Å². The van der Waals surface area contributed by atoms with Crippen LogP contribution in [0.5, 0.6) is 5.75 Å². The first-order valence-corrected chi connectivity index (χ1v) is 9.44. The molecular weight excluding hydrogens is 354 g/mol. The number of ether oxygens (including phenoxy) is 1. The van der Waals surface area contributed by atoms with E-state index in [2.05, 4.69) is 9.62 Å². The zero-order valence-electron chi connectivity index (χ0n) is 14.0. The first-order valence-electron chi connectivity index (χ1n) is 7.58. The summed E-state index contributed by atoms with van der Waals surface area (Å²) >= 11 is 5.89. The van der Waals surface area contributed by atoms with E-state index >= 15 is 0 Å². The Hall–Kier alpha value is -1.35. The van der Waals surface area contributed by atoms with E-state index in [-0.39, 0.29) is 21.6 Å². The van der Waals surface area contributed by atoms with Gasteiger partial charge in [0.1, 0.15) is 10.6 Å². The predicted octanol–water partition coefficient (Wildman–Crippen LogP) is 0.789. The molecule has 0 saturated carbocycles. The Labute approximate surface area is 147 Å². The summed E-state index contributed by atoms with van der Waals surface area (Å²) in [5.74, 6) is -0.0705. The number of carbonyl (C=O) groups excluding carboxylic acids is 1. The summed E-state index contributed by atoms with van der Waals surface area (Å²) in [7, 11) is -0.575. The minimum atomic E-state index is -3.94. The standard InChI is InChI=1S/C15H22ClN3O4S/c1-11(15(20)19-8-6-18(2)7-9-19)17-24(21,22)14-10-12(16)4-5-13(14)23-3/h4-5,10-11,17H,6-9H2,1-3H3/t11-/m1/s1. The molecule has 0 unspecified atom stereocenters. The number of nitrogens with zero attached hydrogens (tertiary/aromatic N) is 2. The van der Waals surface area contributed by atoms with Crippen LogP contribution >= 0.6 is 11.6 Å². The molecule has 0 aliphatic carbocycles. The topological polar surface area (TPSA) is 78.9 Å². The van der Waals surface area contributed by atoms with E-state index in [1.54, 1.807) is 4.90 Å². The van der Waals surface area contributed by atoms with E-state index in [9.17, 15) is 13.2 Å². The van der Waals surface area contributed by atoms with Crippen LogP contribution in [0.1, 0.15) is 6.92 Å². The zero-order valence-corrected chi connectivity index (χ0v) is 15.5. The Morgan fingerprint density at radius 1 is 1.29 bits per heavy atom. The molecular formula is C15H22ClN3O4S. The van der Waals surface area contributed by atoms with Crippen molar-refractivity contribution < 1.29 is 17.9 Å². The summed E-state index contributed by atoms with van der Waals surface area (Å²) in [5, 5.41) is 0.272. The van der Waals surface area contributed by atoms with E-state index in [4.69, 9.17) is 16.3 Å². The fourth-order valence-corrected chi connectivity index (χ4v) is 4.14. The molecule has 1 aliphatic heterocycles. The zero-order chi connectivity index (χ0) is 17.9. The molecule has 0 bridgehead atoms. The number of rotatable bonds is 5. The summed E-state index contributed by atoms with van der Waals surface area (Å²) in [6.45, 7) is 4.25. The van der Waals surface area contributed by atoms with Gasteiger partial charge in [-0.2, -0.15) is 4.72 Å². The largest absolute Gasteiger partial charge is 0.495 e. The third kappa shape index (κ3) is 4.38. The normalized spacial score (nSPS) is 17.6. The van der Waals surface area contributed by atoms with Crippen LogP contribution in [-0.4, -0.2) is 70.5 Å². The van der Waals surface area contributed by atoms with E-state index in [1.807, 2.05) is 7.05 Å². The van der Waals surface area contributed by atoms with Crippen molar-refractivity contribution in [3.8, 4) is 5.75 Å². The van der Waals surface area contributed by atoms with E-state index in [0.29, 0.717) is 13.1 Å². The quantitative estimate of drug-likeness (QED) is 0.823. The lowest BCUT2D eigenvalue weighted by molar-refractivity contribution is -0.134. The molecule has 7 nitrogen and oxygen atoms in total. The Kier molecular flexibility index (Phi) is 6.08. The average molecular weight is 376 g/mol. The lowest BCUT2D eigenvalue weighted by Gasteiger charge is -2.34. The highest BCUT2D eigenvalue weighted by atomic mass is 35.5. The van der Waals surface area contributed by atoms with Gasteiger partial charge in [0.25, 0.3) is 0 Å². The number of benzene rings is 1. The van der Waals surface area contributed by atoms with E-state index < -0.39 is 16.1 Å². The van der Waals surface area contributed by atoms with Gasteiger partial charge < -0.3 is 14.5 Å². The van der Waals surface area contributed by atoms with Crippen LogP contribution in [0, 0.1) is 0 Å². The number of nitrogens with one attached hydrogen (secondary N) is 1. The van der Waals surface area contributed by atoms with Crippen molar-refractivity contribution in [2.45, 2.75) is 17.9 Å². The van der Waals surface area contributed by atoms with Crippen molar-refractivity contribution >= 4 is 27.5 Å². The lowest BCUT2D eigenvalue weighted by atomic mass is 10.2. The minimum Gasteiger partial charge on any atom is -0.495 e. The molecule has 9 heteroatoms. The molecule has 1 N–H and O–H groups in total. The van der Waals surface area contributed by atoms with Crippen molar-refractivity contribution in [1.82, 2.24) is 14.5 Å². The number of sulfonamides is 1. The SMILES string of the molecule is COc1ccc(Cl)cc1S(=O)(=O)N[C@H](C)C(=O)N1CCN(C)CC1. The highest BCUT2D eigenvalue weighted by Crippen LogP contribution is 2.27. The number of carbonyl (C=O) groups is 1. The number of halogens is 1. The molecule has 1 saturated heterocycles. The number of hydrogen-bond acceptors (Lipinski definition) is 5. The van der Waals surface area contributed by atoms with Crippen LogP contribution in [0.3, 0.4) is 0 Å². The molecule has 1 aliphatic rings. The Balaban J connectivity index is 2.14. The molecule has 1 amide bonds. The number of methoxy groups -OCH3 is 1. The van der Waals surface area contributed by atoms with Crippen molar-refractivity contribution in [3.05, 3.63) is 23.2 Å². The van der Waals surface area contributed by atoms with Crippen LogP contribution in [-0.2, 0) is 14.8 Å². The summed E-state index contributed by atoms with van der Waals surface area (Å²) in [6.07, 6.45) is 0. The minimum absolute atomic E-state index is 0.0875. The van der Waals surface area contributed by atoms with Crippen LogP contribution < -0.4 is 9.46 Å². The molecule has 1 aromatic carbocycles. The van der Waals surface area contributed by atoms with Crippen molar-refractivity contribution in [3.63, 3.8) is 0 Å². The number of hydrogen-bond donors (Lipinski definition) is 1. The Morgan fingerprint density at radius 3 is 2.50 bits per heavy atom. The first-order chi connectivity index (χ1) is 11.2. The number of piperazine rings is 1. The second-order valence-corrected chi connectivity index (χ2v) is 7.89. The molecule has 1 aromatic rings. The lowest BCUT2D eigenvalue weighted by Crippen LogP contribution is -2.53. The molecule has 0 aromatic heterocycles. The van der Waals surface area contributed by atoms with Gasteiger partial charge in [0.2, 0.25) is 15.9 Å². The third-order valence-electron chi connectivity index (χ3n) is 3.93. The molecule has 0 radical (unpaired) electrons. The van der Waals surface area contributed by atoms with Gasteiger partial charge in [-0.25, -0.2) is 8.42 Å². The maximum atomic E-state index is 12.6. The maximum Gasteiger partial charge on any atom is 0.245 e. The van der Waals surface area contributed by atoms with Gasteiger partial charge in [0.05, 0.1) is 13.2 Å². The summed E-state index contributed by atoms with van der Waals surface area (Å²) in [4.78, 5) is 16.2. The molecule has 1 fully saturated rings. The predicted molar refractivity (Wildman–Crippen MR) is 91.9 cm³/mol. The monoisotopic (exact) mass is 375 g/mol. The number of amides is 1. The fraction of sp³-hybridized carbons (Fsp3) is 0.533. The molecule has 1 atom stereocenters. The van der Waals surface area contributed by atoms with Crippen molar-refractivity contribution in [1.29, 1.82) is 0 Å². The third-order valence-corrected chi connectivity index (χ3v) is 5.73. The number of likely N-dealkylation sites (N-methyl/N-ethyl adjacent to an activating group) is 1. The van der Waals surface area contributed by atoms with Crippen molar-refractivity contribution in [2.24, 2.45) is 0 Å². The summed E-state index contributed by atoms with van der Waals surface area (Å²) in [5.41, 5.74) is 0. The van der Waals surface area contributed by atoms with E-state index in [0.717, 1.165) is 13.1 Å². The second kappa shape index (κ2) is 7.69. The van der Waals surface area contributed by atoms with Crippen LogP contribution in [0.2, 0.25) is 5.02 Å². The smallest absolute Gasteiger partial charge is 0.245 e. The molecule has 134 valence electrons. The molecule has 0 spiro atoms. The molecule has 24 heavy (non-hydrogen) atoms. The van der Waals surface area contributed by atoms with Crippen LogP contribution in [0.25, 0.3) is 0 Å². The summed E-state index contributed by atoms with van der Waals surface area (Å²) < 4.78 is 32.7. The van der Waals surface area contributed by atoms with Gasteiger partial charge in [-0.15, -0.1) is 0 Å². The van der Waals surface area contributed by atoms with Gasteiger partial charge in [0, 0.05) is 31.2 Å². The molecule has 2 rings (SSSR count). The Bertz CT molecular complexity index is 703. The van der Waals surface area contributed by atoms with Gasteiger partial charge in [0.15, 0.2) is 0 Å². The van der Waals surface area contributed by atoms with Crippen LogP contribution in [0.15, 0.2) is 23.1 Å². The molecule has 1 heterocycles. The van der Waals surface area contributed by atoms with Crippen LogP contribution in [0.4, 0.5) is 0 Å². The second-order valence-electron chi connectivity index (χ2n) is 5.77. The Morgan fingerprint density at radius 2 is 1.92 bits per heavy atom. The first kappa shape index (κ1) is 19.0. The van der Waals surface area contributed by atoms with Gasteiger partial charge in [-0.3, -0.25) is 4.79 Å². The van der Waals surface area contributed by atoms with E-state index in [1.165, 1.54) is 32.2 Å². The highest BCUT2D eigenvalue weighted by Gasteiger charge is 2.29. The van der Waals surface area contributed by atoms with Gasteiger partial charge in [-0.05, 0) is 32.2 Å². The highest BCUT2D eigenvalue weighted by molar-refractivity contribution is 7.89. The average Bonchev–Trinajstić information content (AvgIpc) is 2.54.